The fourth-order valence-corrected chi connectivity index (χ4v) is 2.46. The van der Waals surface area contributed by atoms with Crippen molar-refractivity contribution in [3.8, 4) is 0 Å². The lowest BCUT2D eigenvalue weighted by atomic mass is 10.00. The maximum absolute atomic E-state index is 6.15. The number of rotatable bonds is 4. The van der Waals surface area contributed by atoms with E-state index in [2.05, 4.69) is 29.2 Å². The molecule has 1 fully saturated rings. The Hall–Kier alpha value is -1.41. The lowest BCUT2D eigenvalue weighted by Crippen LogP contribution is -2.22. The minimum Gasteiger partial charge on any atom is -0.327 e. The van der Waals surface area contributed by atoms with E-state index in [0.29, 0.717) is 6.04 Å². The molecule has 0 aliphatic heterocycles. The van der Waals surface area contributed by atoms with Crippen LogP contribution in [-0.2, 0) is 6.42 Å². The molecule has 2 N–H and O–H groups in total. The van der Waals surface area contributed by atoms with Crippen LogP contribution in [0.1, 0.15) is 24.8 Å². The quantitative estimate of drug-likeness (QED) is 0.870. The second kappa shape index (κ2) is 4.46. The fraction of sp³-hybridized carbons (Fsp3) is 0.400. The molecule has 88 valence electrons. The molecule has 0 amide bonds. The standard InChI is InChI=1S/C15H18N2/c16-15(11-5-6-11)8-7-13-10-17-9-12-3-1-2-4-14(12)13/h1-4,9-11,15H,5-8,16H2. The predicted octanol–water partition coefficient (Wildman–Crippen LogP) is 2.90. The molecule has 2 heteroatoms. The summed E-state index contributed by atoms with van der Waals surface area (Å²) in [7, 11) is 0. The second-order valence-corrected chi connectivity index (χ2v) is 5.06. The largest absolute Gasteiger partial charge is 0.327 e. The Bertz CT molecular complexity index is 512. The number of nitrogens with zero attached hydrogens (tertiary/aromatic N) is 1. The van der Waals surface area contributed by atoms with E-state index in [9.17, 15) is 0 Å². The van der Waals surface area contributed by atoms with Gasteiger partial charge in [0.1, 0.15) is 0 Å². The molecule has 3 rings (SSSR count). The average Bonchev–Trinajstić information content (AvgIpc) is 3.20. The first-order chi connectivity index (χ1) is 8.34. The van der Waals surface area contributed by atoms with Crippen LogP contribution < -0.4 is 5.73 Å². The van der Waals surface area contributed by atoms with Crippen molar-refractivity contribution >= 4 is 10.8 Å². The molecular formula is C15H18N2. The number of nitrogens with two attached hydrogens (primary N) is 1. The Morgan fingerprint density at radius 1 is 1.24 bits per heavy atom. The molecule has 1 aliphatic carbocycles. The monoisotopic (exact) mass is 226 g/mol. The topological polar surface area (TPSA) is 38.9 Å². The van der Waals surface area contributed by atoms with Gasteiger partial charge in [-0.1, -0.05) is 24.3 Å². The van der Waals surface area contributed by atoms with Gasteiger partial charge in [0.2, 0.25) is 0 Å². The fourth-order valence-electron chi connectivity index (χ4n) is 2.46. The summed E-state index contributed by atoms with van der Waals surface area (Å²) >= 11 is 0. The lowest BCUT2D eigenvalue weighted by Gasteiger charge is -2.11. The number of fused-ring (bicyclic) bond motifs is 1. The van der Waals surface area contributed by atoms with Gasteiger partial charge in [-0.25, -0.2) is 0 Å². The van der Waals surface area contributed by atoms with Crippen molar-refractivity contribution in [3.63, 3.8) is 0 Å². The van der Waals surface area contributed by atoms with E-state index >= 15 is 0 Å². The van der Waals surface area contributed by atoms with E-state index < -0.39 is 0 Å². The zero-order valence-electron chi connectivity index (χ0n) is 9.97. The number of aryl methyl sites for hydroxylation is 1. The molecule has 0 saturated heterocycles. The number of hydrogen-bond acceptors (Lipinski definition) is 2. The van der Waals surface area contributed by atoms with E-state index in [1.54, 1.807) is 0 Å². The van der Waals surface area contributed by atoms with Crippen molar-refractivity contribution in [1.29, 1.82) is 0 Å². The molecule has 1 heterocycles. The number of aromatic nitrogens is 1. The Balaban J connectivity index is 1.79. The smallest absolute Gasteiger partial charge is 0.0346 e. The third kappa shape index (κ3) is 2.32. The summed E-state index contributed by atoms with van der Waals surface area (Å²) < 4.78 is 0. The normalized spacial score (nSPS) is 17.2. The Morgan fingerprint density at radius 2 is 2.06 bits per heavy atom. The maximum atomic E-state index is 6.15. The van der Waals surface area contributed by atoms with Gasteiger partial charge in [0.15, 0.2) is 0 Å². The number of benzene rings is 1. The predicted molar refractivity (Wildman–Crippen MR) is 70.8 cm³/mol. The molecule has 1 atom stereocenters. The summed E-state index contributed by atoms with van der Waals surface area (Å²) in [4.78, 5) is 4.31. The molecule has 0 bridgehead atoms. The second-order valence-electron chi connectivity index (χ2n) is 5.06. The van der Waals surface area contributed by atoms with Gasteiger partial charge in [0.05, 0.1) is 0 Å². The van der Waals surface area contributed by atoms with Crippen molar-refractivity contribution in [2.75, 3.05) is 0 Å². The highest BCUT2D eigenvalue weighted by Crippen LogP contribution is 2.33. The molecule has 17 heavy (non-hydrogen) atoms. The van der Waals surface area contributed by atoms with Gasteiger partial charge in [-0.05, 0) is 42.6 Å². The van der Waals surface area contributed by atoms with Gasteiger partial charge < -0.3 is 5.73 Å². The molecule has 1 aliphatic rings. The molecule has 2 nitrogen and oxygen atoms in total. The van der Waals surface area contributed by atoms with E-state index in [1.807, 2.05) is 12.4 Å². The van der Waals surface area contributed by atoms with Crippen LogP contribution in [0.3, 0.4) is 0 Å². The van der Waals surface area contributed by atoms with Crippen molar-refractivity contribution in [3.05, 3.63) is 42.2 Å². The maximum Gasteiger partial charge on any atom is 0.0346 e. The van der Waals surface area contributed by atoms with Crippen LogP contribution in [0.4, 0.5) is 0 Å². The summed E-state index contributed by atoms with van der Waals surface area (Å²) in [6, 6.07) is 8.83. The molecular weight excluding hydrogens is 208 g/mol. The van der Waals surface area contributed by atoms with Crippen molar-refractivity contribution in [2.45, 2.75) is 31.7 Å². The summed E-state index contributed by atoms with van der Waals surface area (Å²) in [6.45, 7) is 0. The zero-order chi connectivity index (χ0) is 11.7. The van der Waals surface area contributed by atoms with Crippen LogP contribution in [0.25, 0.3) is 10.8 Å². The van der Waals surface area contributed by atoms with Crippen molar-refractivity contribution in [2.24, 2.45) is 11.7 Å². The van der Waals surface area contributed by atoms with Crippen LogP contribution in [0.5, 0.6) is 0 Å². The van der Waals surface area contributed by atoms with Gasteiger partial charge in [-0.2, -0.15) is 0 Å². The minimum atomic E-state index is 0.383. The highest BCUT2D eigenvalue weighted by molar-refractivity contribution is 5.84. The van der Waals surface area contributed by atoms with E-state index in [4.69, 9.17) is 5.73 Å². The summed E-state index contributed by atoms with van der Waals surface area (Å²) in [5.41, 5.74) is 7.48. The van der Waals surface area contributed by atoms with Crippen molar-refractivity contribution in [1.82, 2.24) is 4.98 Å². The van der Waals surface area contributed by atoms with Crippen LogP contribution in [0, 0.1) is 5.92 Å². The minimum absolute atomic E-state index is 0.383. The lowest BCUT2D eigenvalue weighted by molar-refractivity contribution is 0.551. The van der Waals surface area contributed by atoms with Crippen LogP contribution in [0.2, 0.25) is 0 Å². The average molecular weight is 226 g/mol. The van der Waals surface area contributed by atoms with Gasteiger partial charge in [0, 0.05) is 23.8 Å². The number of hydrogen-bond donors (Lipinski definition) is 1. The first-order valence-corrected chi connectivity index (χ1v) is 6.42. The van der Waals surface area contributed by atoms with Gasteiger partial charge in [-0.3, -0.25) is 4.98 Å². The summed E-state index contributed by atoms with van der Waals surface area (Å²) in [5.74, 6) is 0.790. The Labute approximate surface area is 102 Å². The Morgan fingerprint density at radius 3 is 2.88 bits per heavy atom. The molecule has 1 saturated carbocycles. The Kier molecular flexibility index (Phi) is 2.81. The van der Waals surface area contributed by atoms with Crippen molar-refractivity contribution < 1.29 is 0 Å². The van der Waals surface area contributed by atoms with Crippen LogP contribution in [0.15, 0.2) is 36.7 Å². The third-order valence-corrected chi connectivity index (χ3v) is 3.73. The molecule has 1 unspecified atom stereocenters. The summed E-state index contributed by atoms with van der Waals surface area (Å²) in [5, 5.41) is 2.55. The summed E-state index contributed by atoms with van der Waals surface area (Å²) in [6.07, 6.45) is 8.71. The van der Waals surface area contributed by atoms with Crippen LogP contribution >= 0.6 is 0 Å². The SMILES string of the molecule is NC(CCc1cncc2ccccc12)C1CC1. The molecule has 0 radical (unpaired) electrons. The third-order valence-electron chi connectivity index (χ3n) is 3.73. The highest BCUT2D eigenvalue weighted by Gasteiger charge is 2.27. The molecule has 0 spiro atoms. The molecule has 1 aromatic heterocycles. The van der Waals surface area contributed by atoms with Gasteiger partial charge >= 0.3 is 0 Å². The van der Waals surface area contributed by atoms with E-state index in [-0.39, 0.29) is 0 Å². The van der Waals surface area contributed by atoms with Gasteiger partial charge in [-0.15, -0.1) is 0 Å². The zero-order valence-corrected chi connectivity index (χ0v) is 9.97. The van der Waals surface area contributed by atoms with Gasteiger partial charge in [0.25, 0.3) is 0 Å². The molecule has 2 aromatic rings. The highest BCUT2D eigenvalue weighted by atomic mass is 14.7. The van der Waals surface area contributed by atoms with E-state index in [1.165, 1.54) is 29.2 Å². The molecule has 1 aromatic carbocycles. The first kappa shape index (κ1) is 10.7. The number of pyridine rings is 1. The van der Waals surface area contributed by atoms with E-state index in [0.717, 1.165) is 18.8 Å². The van der Waals surface area contributed by atoms with Crippen LogP contribution in [-0.4, -0.2) is 11.0 Å². The first-order valence-electron chi connectivity index (χ1n) is 6.42.